The summed E-state index contributed by atoms with van der Waals surface area (Å²) in [6, 6.07) is 7.86. The van der Waals surface area contributed by atoms with E-state index >= 15 is 0 Å². The van der Waals surface area contributed by atoms with E-state index in [1.807, 2.05) is 0 Å². The van der Waals surface area contributed by atoms with Crippen LogP contribution in [-0.4, -0.2) is 168 Å². The molecule has 5 rings (SSSR count). The lowest BCUT2D eigenvalue weighted by atomic mass is 9.96. The molecule has 3 heterocycles. The van der Waals surface area contributed by atoms with Crippen molar-refractivity contribution in [3.63, 3.8) is 0 Å². The van der Waals surface area contributed by atoms with Gasteiger partial charge in [-0.2, -0.15) is 0 Å². The Hall–Kier alpha value is -3.67. The molecule has 3 aliphatic heterocycles. The van der Waals surface area contributed by atoms with Gasteiger partial charge in [-0.1, -0.05) is 12.1 Å². The van der Waals surface area contributed by atoms with E-state index in [1.165, 1.54) is 49.4 Å². The van der Waals surface area contributed by atoms with E-state index < -0.39 is 111 Å². The number of carbonyl (C=O) groups excluding carboxylic acids is 1. The molecule has 0 radical (unpaired) electrons. The molecule has 0 bridgehead atoms. The molecule has 2 aromatic rings. The summed E-state index contributed by atoms with van der Waals surface area (Å²) in [5, 5.41) is 113. The summed E-state index contributed by atoms with van der Waals surface area (Å²) >= 11 is 0. The first-order valence-electron chi connectivity index (χ1n) is 16.6. The number of ether oxygens (including phenoxy) is 7. The third kappa shape index (κ3) is 9.18. The van der Waals surface area contributed by atoms with Crippen LogP contribution < -0.4 is 0 Å². The van der Waals surface area contributed by atoms with Crippen molar-refractivity contribution in [3.8, 4) is 23.0 Å². The summed E-state index contributed by atoms with van der Waals surface area (Å²) in [5.41, 5.74) is -1.24. The lowest BCUT2D eigenvalue weighted by Gasteiger charge is -2.47. The van der Waals surface area contributed by atoms with E-state index in [0.29, 0.717) is 11.1 Å². The zero-order chi connectivity index (χ0) is 38.6. The van der Waals surface area contributed by atoms with Crippen molar-refractivity contribution >= 4 is 12.0 Å². The zero-order valence-corrected chi connectivity index (χ0v) is 28.3. The Bertz CT molecular complexity index is 1570. The smallest absolute Gasteiger partial charge is 0.331 e. The number of esters is 1. The van der Waals surface area contributed by atoms with Crippen LogP contribution in [0.15, 0.2) is 42.5 Å². The first-order valence-corrected chi connectivity index (χ1v) is 16.6. The second-order valence-electron chi connectivity index (χ2n) is 12.9. The van der Waals surface area contributed by atoms with Gasteiger partial charge in [-0.25, -0.2) is 4.79 Å². The lowest BCUT2D eigenvalue weighted by Crippen LogP contribution is -2.65. The van der Waals surface area contributed by atoms with Crippen molar-refractivity contribution in [2.75, 3.05) is 26.4 Å². The highest BCUT2D eigenvalue weighted by Crippen LogP contribution is 2.35. The number of phenolic OH excluding ortho intramolecular Hbond substituents is 4. The zero-order valence-electron chi connectivity index (χ0n) is 28.3. The van der Waals surface area contributed by atoms with Crippen LogP contribution in [0.25, 0.3) is 6.08 Å². The second kappa shape index (κ2) is 17.2. The van der Waals surface area contributed by atoms with Crippen LogP contribution in [0.4, 0.5) is 0 Å². The molecule has 19 nitrogen and oxygen atoms in total. The van der Waals surface area contributed by atoms with Gasteiger partial charge in [0.1, 0.15) is 48.3 Å². The predicted molar refractivity (Wildman–Crippen MR) is 174 cm³/mol. The topological polar surface area (TPSA) is 304 Å². The van der Waals surface area contributed by atoms with Gasteiger partial charge in [0.2, 0.25) is 0 Å². The van der Waals surface area contributed by atoms with Crippen LogP contribution in [0.3, 0.4) is 0 Å². The number of rotatable bonds is 13. The number of carbonyl (C=O) groups is 1. The fourth-order valence-electron chi connectivity index (χ4n) is 5.96. The quantitative estimate of drug-likeness (QED) is 0.0569. The van der Waals surface area contributed by atoms with Gasteiger partial charge in [0.15, 0.2) is 48.0 Å². The van der Waals surface area contributed by atoms with E-state index in [2.05, 4.69) is 0 Å². The molecule has 2 aromatic carbocycles. The molecule has 53 heavy (non-hydrogen) atoms. The average Bonchev–Trinajstić information content (AvgIpc) is 3.42. The molecule has 11 N–H and O–H groups in total. The Balaban J connectivity index is 1.36. The molecule has 294 valence electrons. The lowest BCUT2D eigenvalue weighted by molar-refractivity contribution is -0.366. The first kappa shape index (κ1) is 40.5. The Labute approximate surface area is 302 Å². The maximum absolute atomic E-state index is 13.0. The molecule has 0 spiro atoms. The molecule has 0 unspecified atom stereocenters. The van der Waals surface area contributed by atoms with Crippen LogP contribution in [0, 0.1) is 0 Å². The van der Waals surface area contributed by atoms with E-state index in [-0.39, 0.29) is 30.3 Å². The van der Waals surface area contributed by atoms with Gasteiger partial charge >= 0.3 is 5.97 Å². The molecule has 0 aromatic heterocycles. The highest BCUT2D eigenvalue weighted by molar-refractivity contribution is 5.87. The van der Waals surface area contributed by atoms with Crippen LogP contribution >= 0.6 is 0 Å². The number of hydrogen-bond acceptors (Lipinski definition) is 19. The van der Waals surface area contributed by atoms with Crippen molar-refractivity contribution < 1.29 is 94.1 Å². The molecule has 3 aliphatic rings. The molecule has 3 fully saturated rings. The Morgan fingerprint density at radius 3 is 2.13 bits per heavy atom. The predicted octanol–water partition coefficient (Wildman–Crippen LogP) is -2.55. The first-order chi connectivity index (χ1) is 25.1. The molecule has 0 saturated carbocycles. The minimum absolute atomic E-state index is 0.130. The highest BCUT2D eigenvalue weighted by Gasteiger charge is 2.55. The summed E-state index contributed by atoms with van der Waals surface area (Å²) in [6.07, 6.45) is -17.0. The summed E-state index contributed by atoms with van der Waals surface area (Å²) in [4.78, 5) is 13.0. The second-order valence-corrected chi connectivity index (χ2v) is 12.9. The van der Waals surface area contributed by atoms with Crippen LogP contribution in [-0.2, 0) is 44.4 Å². The van der Waals surface area contributed by atoms with Gasteiger partial charge in [-0.15, -0.1) is 0 Å². The van der Waals surface area contributed by atoms with Crippen molar-refractivity contribution in [1.82, 2.24) is 0 Å². The Kier molecular flexibility index (Phi) is 13.2. The summed E-state index contributed by atoms with van der Waals surface area (Å²) in [7, 11) is 0. The highest BCUT2D eigenvalue weighted by atomic mass is 16.8. The van der Waals surface area contributed by atoms with Crippen molar-refractivity contribution in [3.05, 3.63) is 53.6 Å². The fourth-order valence-corrected chi connectivity index (χ4v) is 5.96. The molecule has 19 heteroatoms. The molecular formula is C34H44O19. The molecule has 0 amide bonds. The maximum Gasteiger partial charge on any atom is 0.331 e. The fraction of sp³-hybridized carbons (Fsp3) is 0.559. The minimum atomic E-state index is -2.08. The summed E-state index contributed by atoms with van der Waals surface area (Å²) in [5.74, 6) is -2.56. The van der Waals surface area contributed by atoms with Crippen molar-refractivity contribution in [1.29, 1.82) is 0 Å². The number of hydrogen-bond donors (Lipinski definition) is 11. The van der Waals surface area contributed by atoms with E-state index in [1.54, 1.807) is 0 Å². The third-order valence-electron chi connectivity index (χ3n) is 9.11. The normalized spacial score (nSPS) is 36.2. The standard InChI is InChI=1S/C34H44O19/c1-15-24(42)28(52-33-30(45)34(46,13-36)14-48-33)25(43)32(49-15)53-29-26(44)31(47-9-8-17-3-6-19(38)21(40)11-17)50-22(12-35)27(29)51-23(41)7-4-16-2-5-18(37)20(39)10-16/h2-7,10-11,15,22,24-33,35-40,42-46H,8-9,12-14H2,1H3/b7-4+/t15-,22+,24-,25-,26+,27+,28-,29+,30-,31+,32-,33-,34+/m0/s1. The number of benzene rings is 2. The summed E-state index contributed by atoms with van der Waals surface area (Å²) < 4.78 is 39.7. The van der Waals surface area contributed by atoms with Gasteiger partial charge in [-0.3, -0.25) is 0 Å². The number of aliphatic hydroxyl groups is 7. The Morgan fingerprint density at radius 1 is 0.830 bits per heavy atom. The van der Waals surface area contributed by atoms with Crippen LogP contribution in [0.1, 0.15) is 18.1 Å². The van der Waals surface area contributed by atoms with Crippen LogP contribution in [0.2, 0.25) is 0 Å². The van der Waals surface area contributed by atoms with E-state index in [9.17, 15) is 61.0 Å². The molecular weight excluding hydrogens is 712 g/mol. The van der Waals surface area contributed by atoms with Gasteiger partial charge in [-0.05, 0) is 54.8 Å². The van der Waals surface area contributed by atoms with Gasteiger partial charge in [0.05, 0.1) is 32.5 Å². The van der Waals surface area contributed by atoms with E-state index in [4.69, 9.17) is 33.2 Å². The van der Waals surface area contributed by atoms with Crippen LogP contribution in [0.5, 0.6) is 23.0 Å². The number of aliphatic hydroxyl groups excluding tert-OH is 6. The maximum atomic E-state index is 13.0. The number of aromatic hydroxyl groups is 4. The largest absolute Gasteiger partial charge is 0.504 e. The Morgan fingerprint density at radius 2 is 1.49 bits per heavy atom. The number of phenols is 4. The van der Waals surface area contributed by atoms with Crippen molar-refractivity contribution in [2.45, 2.75) is 92.8 Å². The van der Waals surface area contributed by atoms with Gasteiger partial charge < -0.3 is 89.3 Å². The monoisotopic (exact) mass is 756 g/mol. The minimum Gasteiger partial charge on any atom is -0.504 e. The van der Waals surface area contributed by atoms with Crippen molar-refractivity contribution in [2.24, 2.45) is 0 Å². The van der Waals surface area contributed by atoms with Gasteiger partial charge in [0.25, 0.3) is 0 Å². The SMILES string of the molecule is C[C@@H]1O[C@@H](O[C@@H]2[C@@H](O)[C@H](OCCc3ccc(O)c(O)c3)O[C@H](CO)[C@H]2OC(=O)/C=C/c2ccc(O)c(O)c2)[C@@H](O)[C@@H](O[C@@H]2OC[C@](O)(CO)[C@H]2O)[C@H]1O. The third-order valence-corrected chi connectivity index (χ3v) is 9.11. The average molecular weight is 757 g/mol. The molecule has 13 atom stereocenters. The van der Waals surface area contributed by atoms with E-state index in [0.717, 1.165) is 6.08 Å². The summed E-state index contributed by atoms with van der Waals surface area (Å²) in [6.45, 7) is -0.940. The molecule has 0 aliphatic carbocycles. The molecule has 3 saturated heterocycles. The van der Waals surface area contributed by atoms with Gasteiger partial charge in [0, 0.05) is 6.08 Å².